The van der Waals surface area contributed by atoms with E-state index in [4.69, 9.17) is 9.47 Å². The SMILES string of the molecule is CCCCOCCOCCCCNC. The second-order valence-electron chi connectivity index (χ2n) is 3.39. The second-order valence-corrected chi connectivity index (χ2v) is 3.39. The van der Waals surface area contributed by atoms with Crippen molar-refractivity contribution in [3.8, 4) is 0 Å². The van der Waals surface area contributed by atoms with E-state index >= 15 is 0 Å². The zero-order chi connectivity index (χ0) is 10.5. The first kappa shape index (κ1) is 13.9. The van der Waals surface area contributed by atoms with Crippen molar-refractivity contribution < 1.29 is 9.47 Å². The minimum absolute atomic E-state index is 0.739. The average molecular weight is 203 g/mol. The van der Waals surface area contributed by atoms with Gasteiger partial charge in [0.25, 0.3) is 0 Å². The van der Waals surface area contributed by atoms with E-state index in [9.17, 15) is 0 Å². The molecule has 0 spiro atoms. The molecule has 0 aliphatic rings. The topological polar surface area (TPSA) is 30.5 Å². The van der Waals surface area contributed by atoms with E-state index in [0.29, 0.717) is 0 Å². The molecule has 86 valence electrons. The van der Waals surface area contributed by atoms with Crippen molar-refractivity contribution in [1.29, 1.82) is 0 Å². The van der Waals surface area contributed by atoms with Crippen molar-refractivity contribution in [1.82, 2.24) is 5.32 Å². The number of ether oxygens (including phenoxy) is 2. The van der Waals surface area contributed by atoms with Crippen molar-refractivity contribution in [3.63, 3.8) is 0 Å². The summed E-state index contributed by atoms with van der Waals surface area (Å²) in [5, 5.41) is 3.11. The lowest BCUT2D eigenvalue weighted by Crippen LogP contribution is -2.10. The quantitative estimate of drug-likeness (QED) is 0.520. The van der Waals surface area contributed by atoms with Gasteiger partial charge in [0.05, 0.1) is 13.2 Å². The third-order valence-electron chi connectivity index (χ3n) is 1.98. The highest BCUT2D eigenvalue weighted by Gasteiger charge is 1.90. The summed E-state index contributed by atoms with van der Waals surface area (Å²) in [4.78, 5) is 0. The van der Waals surface area contributed by atoms with Crippen LogP contribution in [0.25, 0.3) is 0 Å². The van der Waals surface area contributed by atoms with Crippen LogP contribution in [-0.2, 0) is 9.47 Å². The molecule has 0 bridgehead atoms. The fourth-order valence-electron chi connectivity index (χ4n) is 1.07. The summed E-state index contributed by atoms with van der Waals surface area (Å²) in [6, 6.07) is 0. The van der Waals surface area contributed by atoms with Gasteiger partial charge in [-0.05, 0) is 32.9 Å². The smallest absolute Gasteiger partial charge is 0.0700 e. The predicted molar refractivity (Wildman–Crippen MR) is 59.7 cm³/mol. The average Bonchev–Trinajstić information content (AvgIpc) is 2.21. The Balaban J connectivity index is 2.78. The molecule has 1 N–H and O–H groups in total. The van der Waals surface area contributed by atoms with Crippen LogP contribution < -0.4 is 5.32 Å². The molecule has 3 nitrogen and oxygen atoms in total. The molecular formula is C11H25NO2. The standard InChI is InChI=1S/C11H25NO2/c1-3-4-8-13-10-11-14-9-6-5-7-12-2/h12H,3-11H2,1-2H3. The number of nitrogens with one attached hydrogen (secondary N) is 1. The third kappa shape index (κ3) is 11.9. The summed E-state index contributed by atoms with van der Waals surface area (Å²) in [7, 11) is 1.97. The lowest BCUT2D eigenvalue weighted by atomic mass is 10.3. The summed E-state index contributed by atoms with van der Waals surface area (Å²) in [6.07, 6.45) is 4.68. The van der Waals surface area contributed by atoms with Gasteiger partial charge in [0.1, 0.15) is 0 Å². The third-order valence-corrected chi connectivity index (χ3v) is 1.98. The molecule has 0 aliphatic carbocycles. The highest BCUT2D eigenvalue weighted by atomic mass is 16.5. The van der Waals surface area contributed by atoms with Crippen LogP contribution in [0.3, 0.4) is 0 Å². The van der Waals surface area contributed by atoms with Gasteiger partial charge in [0.15, 0.2) is 0 Å². The molecule has 0 saturated heterocycles. The van der Waals surface area contributed by atoms with Crippen LogP contribution in [0.1, 0.15) is 32.6 Å². The van der Waals surface area contributed by atoms with Crippen molar-refractivity contribution in [3.05, 3.63) is 0 Å². The van der Waals surface area contributed by atoms with E-state index in [1.807, 2.05) is 7.05 Å². The van der Waals surface area contributed by atoms with Crippen molar-refractivity contribution in [2.24, 2.45) is 0 Å². The van der Waals surface area contributed by atoms with E-state index in [1.54, 1.807) is 0 Å². The fourth-order valence-corrected chi connectivity index (χ4v) is 1.07. The molecular weight excluding hydrogens is 178 g/mol. The van der Waals surface area contributed by atoms with E-state index < -0.39 is 0 Å². The molecule has 0 heterocycles. The molecule has 3 heteroatoms. The zero-order valence-electron chi connectivity index (χ0n) is 9.68. The van der Waals surface area contributed by atoms with E-state index in [0.717, 1.165) is 45.8 Å². The Morgan fingerprint density at radius 1 is 0.857 bits per heavy atom. The normalized spacial score (nSPS) is 10.7. The first-order valence-corrected chi connectivity index (χ1v) is 5.72. The number of hydrogen-bond donors (Lipinski definition) is 1. The number of rotatable bonds is 11. The minimum Gasteiger partial charge on any atom is -0.379 e. The van der Waals surface area contributed by atoms with Gasteiger partial charge in [-0.1, -0.05) is 13.3 Å². The molecule has 0 atom stereocenters. The molecule has 0 aromatic carbocycles. The molecule has 0 aromatic rings. The molecule has 14 heavy (non-hydrogen) atoms. The molecule has 0 aliphatic heterocycles. The summed E-state index contributed by atoms with van der Waals surface area (Å²) in [5.74, 6) is 0. The van der Waals surface area contributed by atoms with Crippen molar-refractivity contribution >= 4 is 0 Å². The largest absolute Gasteiger partial charge is 0.379 e. The highest BCUT2D eigenvalue weighted by Crippen LogP contribution is 1.90. The van der Waals surface area contributed by atoms with Gasteiger partial charge >= 0.3 is 0 Å². The van der Waals surface area contributed by atoms with Crippen LogP contribution in [0, 0.1) is 0 Å². The first-order valence-electron chi connectivity index (χ1n) is 5.72. The van der Waals surface area contributed by atoms with Gasteiger partial charge < -0.3 is 14.8 Å². The molecule has 0 fully saturated rings. The number of unbranched alkanes of at least 4 members (excludes halogenated alkanes) is 2. The lowest BCUT2D eigenvalue weighted by Gasteiger charge is -2.05. The molecule has 0 radical (unpaired) electrons. The van der Waals surface area contributed by atoms with Gasteiger partial charge in [0.2, 0.25) is 0 Å². The second kappa shape index (κ2) is 12.9. The number of hydrogen-bond acceptors (Lipinski definition) is 3. The van der Waals surface area contributed by atoms with E-state index in [1.165, 1.54) is 12.8 Å². The van der Waals surface area contributed by atoms with Crippen LogP contribution in [0.5, 0.6) is 0 Å². The van der Waals surface area contributed by atoms with Gasteiger partial charge in [-0.15, -0.1) is 0 Å². The molecule has 0 saturated carbocycles. The van der Waals surface area contributed by atoms with Crippen LogP contribution >= 0.6 is 0 Å². The van der Waals surface area contributed by atoms with Crippen LogP contribution in [0.4, 0.5) is 0 Å². The molecule has 0 unspecified atom stereocenters. The van der Waals surface area contributed by atoms with Gasteiger partial charge in [-0.2, -0.15) is 0 Å². The Bertz CT molecular complexity index is 87.3. The Labute approximate surface area is 88.2 Å². The monoisotopic (exact) mass is 203 g/mol. The van der Waals surface area contributed by atoms with Gasteiger partial charge in [-0.3, -0.25) is 0 Å². The van der Waals surface area contributed by atoms with Crippen LogP contribution in [-0.4, -0.2) is 40.0 Å². The summed E-state index contributed by atoms with van der Waals surface area (Å²) >= 11 is 0. The van der Waals surface area contributed by atoms with Crippen LogP contribution in [0.15, 0.2) is 0 Å². The van der Waals surface area contributed by atoms with E-state index in [-0.39, 0.29) is 0 Å². The minimum atomic E-state index is 0.739. The summed E-state index contributed by atoms with van der Waals surface area (Å²) in [6.45, 7) is 6.46. The molecule has 0 rings (SSSR count). The maximum absolute atomic E-state index is 5.41. The Morgan fingerprint density at radius 2 is 1.50 bits per heavy atom. The van der Waals surface area contributed by atoms with Gasteiger partial charge in [0, 0.05) is 13.2 Å². The maximum atomic E-state index is 5.41. The molecule has 0 aromatic heterocycles. The van der Waals surface area contributed by atoms with Crippen molar-refractivity contribution in [2.75, 3.05) is 40.0 Å². The van der Waals surface area contributed by atoms with Crippen LogP contribution in [0.2, 0.25) is 0 Å². The molecule has 0 amide bonds. The first-order chi connectivity index (χ1) is 6.91. The van der Waals surface area contributed by atoms with Gasteiger partial charge in [-0.25, -0.2) is 0 Å². The van der Waals surface area contributed by atoms with Crippen molar-refractivity contribution in [2.45, 2.75) is 32.6 Å². The maximum Gasteiger partial charge on any atom is 0.0700 e. The summed E-state index contributed by atoms with van der Waals surface area (Å²) < 4.78 is 10.8. The fraction of sp³-hybridized carbons (Fsp3) is 1.00. The zero-order valence-corrected chi connectivity index (χ0v) is 9.68. The Morgan fingerprint density at radius 3 is 2.07 bits per heavy atom. The highest BCUT2D eigenvalue weighted by molar-refractivity contribution is 4.42. The van der Waals surface area contributed by atoms with E-state index in [2.05, 4.69) is 12.2 Å². The summed E-state index contributed by atoms with van der Waals surface area (Å²) in [5.41, 5.74) is 0. The Hall–Kier alpha value is -0.120. The lowest BCUT2D eigenvalue weighted by molar-refractivity contribution is 0.0455. The predicted octanol–water partition coefficient (Wildman–Crippen LogP) is 1.82. The Kier molecular flexibility index (Phi) is 12.8.